The van der Waals surface area contributed by atoms with Crippen molar-refractivity contribution in [1.29, 1.82) is 0 Å². The van der Waals surface area contributed by atoms with E-state index in [1.165, 1.54) is 5.56 Å². The standard InChI is InChI=1S/C8H10BrN/c1-6-3-2-4-7(5-6)8(9)10/h2-5,8H,10H2,1H3. The van der Waals surface area contributed by atoms with Crippen LogP contribution in [0.2, 0.25) is 0 Å². The van der Waals surface area contributed by atoms with Crippen LogP contribution < -0.4 is 5.73 Å². The first-order valence-electron chi connectivity index (χ1n) is 3.16. The highest BCUT2D eigenvalue weighted by Gasteiger charge is 1.98. The Morgan fingerprint density at radius 1 is 1.50 bits per heavy atom. The second kappa shape index (κ2) is 3.17. The largest absolute Gasteiger partial charge is 0.315 e. The van der Waals surface area contributed by atoms with Crippen LogP contribution in [0.1, 0.15) is 16.1 Å². The molecule has 0 aromatic heterocycles. The summed E-state index contributed by atoms with van der Waals surface area (Å²) in [6, 6.07) is 8.14. The van der Waals surface area contributed by atoms with E-state index in [0.29, 0.717) is 0 Å². The van der Waals surface area contributed by atoms with Crippen LogP contribution in [0.15, 0.2) is 24.3 Å². The van der Waals surface area contributed by atoms with Gasteiger partial charge >= 0.3 is 0 Å². The summed E-state index contributed by atoms with van der Waals surface area (Å²) < 4.78 is 0. The molecule has 1 aromatic rings. The Morgan fingerprint density at radius 2 is 2.20 bits per heavy atom. The second-order valence-electron chi connectivity index (χ2n) is 2.32. The molecule has 2 N–H and O–H groups in total. The van der Waals surface area contributed by atoms with Gasteiger partial charge in [-0.3, -0.25) is 0 Å². The predicted octanol–water partition coefficient (Wildman–Crippen LogP) is 2.35. The molecule has 0 saturated heterocycles. The number of benzene rings is 1. The third kappa shape index (κ3) is 1.82. The Hall–Kier alpha value is -0.340. The van der Waals surface area contributed by atoms with Crippen molar-refractivity contribution in [2.24, 2.45) is 5.73 Å². The van der Waals surface area contributed by atoms with E-state index in [-0.39, 0.29) is 4.95 Å². The highest BCUT2D eigenvalue weighted by atomic mass is 79.9. The zero-order valence-electron chi connectivity index (χ0n) is 5.84. The van der Waals surface area contributed by atoms with Gasteiger partial charge in [-0.25, -0.2) is 0 Å². The molecule has 0 bridgehead atoms. The summed E-state index contributed by atoms with van der Waals surface area (Å²) in [5.74, 6) is 0. The lowest BCUT2D eigenvalue weighted by molar-refractivity contribution is 1.05. The molecule has 0 heterocycles. The lowest BCUT2D eigenvalue weighted by Gasteiger charge is -2.03. The molecule has 2 heteroatoms. The van der Waals surface area contributed by atoms with Gasteiger partial charge in [-0.2, -0.15) is 0 Å². The van der Waals surface area contributed by atoms with Gasteiger partial charge in [-0.05, 0) is 12.5 Å². The zero-order chi connectivity index (χ0) is 7.56. The third-order valence-electron chi connectivity index (χ3n) is 1.36. The van der Waals surface area contributed by atoms with Gasteiger partial charge in [-0.1, -0.05) is 45.8 Å². The summed E-state index contributed by atoms with van der Waals surface area (Å²) in [6.45, 7) is 2.05. The number of rotatable bonds is 1. The van der Waals surface area contributed by atoms with Crippen LogP contribution in [-0.4, -0.2) is 0 Å². The van der Waals surface area contributed by atoms with Gasteiger partial charge in [-0.15, -0.1) is 0 Å². The van der Waals surface area contributed by atoms with Crippen molar-refractivity contribution < 1.29 is 0 Å². The van der Waals surface area contributed by atoms with Crippen LogP contribution in [-0.2, 0) is 0 Å². The fourth-order valence-corrected chi connectivity index (χ4v) is 1.13. The molecule has 0 aliphatic rings. The van der Waals surface area contributed by atoms with Crippen molar-refractivity contribution in [2.75, 3.05) is 0 Å². The molecule has 0 aliphatic carbocycles. The molecule has 0 aliphatic heterocycles. The van der Waals surface area contributed by atoms with Crippen molar-refractivity contribution in [2.45, 2.75) is 11.9 Å². The van der Waals surface area contributed by atoms with Crippen molar-refractivity contribution in [3.8, 4) is 0 Å². The summed E-state index contributed by atoms with van der Waals surface area (Å²) in [4.78, 5) is -0.0348. The Morgan fingerprint density at radius 3 is 2.60 bits per heavy atom. The number of aryl methyl sites for hydroxylation is 1. The van der Waals surface area contributed by atoms with Gasteiger partial charge in [0.25, 0.3) is 0 Å². The Labute approximate surface area is 69.4 Å². The maximum atomic E-state index is 5.60. The molecule has 1 aromatic carbocycles. The van der Waals surface area contributed by atoms with Gasteiger partial charge < -0.3 is 5.73 Å². The van der Waals surface area contributed by atoms with E-state index in [0.717, 1.165) is 5.56 Å². The molecule has 0 radical (unpaired) electrons. The molecular formula is C8H10BrN. The Kier molecular flexibility index (Phi) is 2.46. The lowest BCUT2D eigenvalue weighted by Crippen LogP contribution is -2.00. The van der Waals surface area contributed by atoms with Crippen molar-refractivity contribution in [3.63, 3.8) is 0 Å². The third-order valence-corrected chi connectivity index (χ3v) is 1.89. The molecule has 0 fully saturated rings. The summed E-state index contributed by atoms with van der Waals surface area (Å²) in [5, 5.41) is 0. The van der Waals surface area contributed by atoms with E-state index in [2.05, 4.69) is 35.0 Å². The second-order valence-corrected chi connectivity index (χ2v) is 3.30. The minimum absolute atomic E-state index is 0.0348. The zero-order valence-corrected chi connectivity index (χ0v) is 7.43. The lowest BCUT2D eigenvalue weighted by atomic mass is 10.1. The first-order chi connectivity index (χ1) is 4.70. The Bertz CT molecular complexity index is 220. The fraction of sp³-hybridized carbons (Fsp3) is 0.250. The average Bonchev–Trinajstić information content (AvgIpc) is 1.88. The highest BCUT2D eigenvalue weighted by Crippen LogP contribution is 2.16. The van der Waals surface area contributed by atoms with Crippen LogP contribution in [0, 0.1) is 6.92 Å². The molecule has 1 nitrogen and oxygen atoms in total. The predicted molar refractivity (Wildman–Crippen MR) is 47.0 cm³/mol. The number of nitrogens with two attached hydrogens (primary N) is 1. The van der Waals surface area contributed by atoms with Crippen LogP contribution in [0.3, 0.4) is 0 Å². The number of alkyl halides is 1. The van der Waals surface area contributed by atoms with Crippen molar-refractivity contribution >= 4 is 15.9 Å². The molecule has 54 valence electrons. The van der Waals surface area contributed by atoms with E-state index in [1.807, 2.05) is 12.1 Å². The van der Waals surface area contributed by atoms with Gasteiger partial charge in [0.05, 0.1) is 4.95 Å². The van der Waals surface area contributed by atoms with E-state index in [4.69, 9.17) is 5.73 Å². The minimum Gasteiger partial charge on any atom is -0.315 e. The van der Waals surface area contributed by atoms with Gasteiger partial charge in [0, 0.05) is 0 Å². The van der Waals surface area contributed by atoms with E-state index < -0.39 is 0 Å². The van der Waals surface area contributed by atoms with Gasteiger partial charge in [0.2, 0.25) is 0 Å². The quantitative estimate of drug-likeness (QED) is 0.546. The summed E-state index contributed by atoms with van der Waals surface area (Å²) in [5.41, 5.74) is 7.97. The van der Waals surface area contributed by atoms with Gasteiger partial charge in [0.15, 0.2) is 0 Å². The number of hydrogen-bond donors (Lipinski definition) is 1. The molecular weight excluding hydrogens is 190 g/mol. The van der Waals surface area contributed by atoms with Crippen molar-refractivity contribution in [1.82, 2.24) is 0 Å². The summed E-state index contributed by atoms with van der Waals surface area (Å²) >= 11 is 3.29. The number of halogens is 1. The summed E-state index contributed by atoms with van der Waals surface area (Å²) in [6.07, 6.45) is 0. The molecule has 10 heavy (non-hydrogen) atoms. The smallest absolute Gasteiger partial charge is 0.0861 e. The van der Waals surface area contributed by atoms with Crippen LogP contribution in [0.5, 0.6) is 0 Å². The summed E-state index contributed by atoms with van der Waals surface area (Å²) in [7, 11) is 0. The Balaban J connectivity index is 2.96. The van der Waals surface area contributed by atoms with E-state index in [1.54, 1.807) is 0 Å². The van der Waals surface area contributed by atoms with Crippen molar-refractivity contribution in [3.05, 3.63) is 35.4 Å². The maximum Gasteiger partial charge on any atom is 0.0861 e. The van der Waals surface area contributed by atoms with Crippen LogP contribution in [0.4, 0.5) is 0 Å². The average molecular weight is 200 g/mol. The normalized spacial score (nSPS) is 13.1. The number of hydrogen-bond acceptors (Lipinski definition) is 1. The highest BCUT2D eigenvalue weighted by molar-refractivity contribution is 9.09. The van der Waals surface area contributed by atoms with Gasteiger partial charge in [0.1, 0.15) is 0 Å². The first kappa shape index (κ1) is 7.76. The molecule has 1 atom stereocenters. The van der Waals surface area contributed by atoms with Crippen LogP contribution >= 0.6 is 15.9 Å². The molecule has 0 saturated carbocycles. The molecule has 1 unspecified atom stereocenters. The van der Waals surface area contributed by atoms with E-state index in [9.17, 15) is 0 Å². The fourth-order valence-electron chi connectivity index (χ4n) is 0.842. The molecule has 1 rings (SSSR count). The monoisotopic (exact) mass is 199 g/mol. The van der Waals surface area contributed by atoms with E-state index >= 15 is 0 Å². The maximum absolute atomic E-state index is 5.60. The SMILES string of the molecule is Cc1cccc(C(N)Br)c1. The molecule has 0 amide bonds. The van der Waals surface area contributed by atoms with Crippen LogP contribution in [0.25, 0.3) is 0 Å². The molecule has 0 spiro atoms. The first-order valence-corrected chi connectivity index (χ1v) is 4.08. The topological polar surface area (TPSA) is 26.0 Å². The minimum atomic E-state index is -0.0348.